The van der Waals surface area contributed by atoms with Crippen LogP contribution in [-0.4, -0.2) is 26.6 Å². The zero-order chi connectivity index (χ0) is 15.7. The quantitative estimate of drug-likeness (QED) is 0.495. The summed E-state index contributed by atoms with van der Waals surface area (Å²) in [5, 5.41) is 20.6. The van der Waals surface area contributed by atoms with Crippen molar-refractivity contribution in [3.63, 3.8) is 0 Å². The van der Waals surface area contributed by atoms with E-state index in [2.05, 4.69) is 5.92 Å². The molecule has 2 aromatic rings. The molecule has 108 valence electrons. The lowest BCUT2D eigenvalue weighted by molar-refractivity contribution is -0.383. The molecule has 0 radical (unpaired) electrons. The maximum Gasteiger partial charge on any atom is 0.320 e. The normalized spacial score (nSPS) is 12.0. The van der Waals surface area contributed by atoms with Gasteiger partial charge in [-0.2, -0.15) is 0 Å². The molecular weight excluding hydrogens is 274 g/mol. The Morgan fingerprint density at radius 2 is 2.29 bits per heavy atom. The largest absolute Gasteiger partial charge is 0.480 e. The van der Waals surface area contributed by atoms with E-state index >= 15 is 0 Å². The van der Waals surface area contributed by atoms with Crippen LogP contribution in [0.25, 0.3) is 10.9 Å². The minimum Gasteiger partial charge on any atom is -0.480 e. The van der Waals surface area contributed by atoms with E-state index in [1.54, 1.807) is 23.9 Å². The molecule has 0 saturated heterocycles. The summed E-state index contributed by atoms with van der Waals surface area (Å²) < 4.78 is 1.69. The first kappa shape index (κ1) is 14.6. The van der Waals surface area contributed by atoms with Crippen LogP contribution in [0, 0.1) is 22.5 Å². The molecule has 0 aliphatic carbocycles. The summed E-state index contributed by atoms with van der Waals surface area (Å²) in [5.74, 6) is 1.12. The van der Waals surface area contributed by atoms with Crippen molar-refractivity contribution < 1.29 is 14.8 Å². The number of nitrogens with two attached hydrogens (primary N) is 1. The van der Waals surface area contributed by atoms with Gasteiger partial charge in [-0.3, -0.25) is 14.9 Å². The van der Waals surface area contributed by atoms with Gasteiger partial charge in [0.1, 0.15) is 11.6 Å². The first-order chi connectivity index (χ1) is 9.86. The SMILES string of the molecule is C#Cc1ccc2c(c(CC(N)C(=O)O)cn2C)c1[N+](=O)[O-]. The van der Waals surface area contributed by atoms with E-state index in [0.29, 0.717) is 16.5 Å². The Bertz CT molecular complexity index is 786. The zero-order valence-electron chi connectivity index (χ0n) is 11.2. The van der Waals surface area contributed by atoms with Crippen molar-refractivity contribution in [2.45, 2.75) is 12.5 Å². The third kappa shape index (κ3) is 2.44. The third-order valence-corrected chi connectivity index (χ3v) is 3.30. The van der Waals surface area contributed by atoms with Crippen molar-refractivity contribution in [2.24, 2.45) is 12.8 Å². The highest BCUT2D eigenvalue weighted by atomic mass is 16.6. The summed E-state index contributed by atoms with van der Waals surface area (Å²) in [6.45, 7) is 0. The third-order valence-electron chi connectivity index (χ3n) is 3.30. The highest BCUT2D eigenvalue weighted by Gasteiger charge is 2.24. The maximum absolute atomic E-state index is 11.3. The van der Waals surface area contributed by atoms with Gasteiger partial charge in [-0.25, -0.2) is 0 Å². The standard InChI is InChI=1S/C14H13N3O4/c1-3-8-4-5-11-12(13(8)17(20)21)9(7-16(11)2)6-10(15)14(18)19/h1,4-5,7,10H,6,15H2,2H3,(H,18,19). The number of hydrogen-bond donors (Lipinski definition) is 2. The second-order valence-electron chi connectivity index (χ2n) is 4.67. The molecule has 3 N–H and O–H groups in total. The van der Waals surface area contributed by atoms with E-state index in [0.717, 1.165) is 0 Å². The minimum atomic E-state index is -1.16. The molecule has 0 bridgehead atoms. The predicted molar refractivity (Wildman–Crippen MR) is 76.8 cm³/mol. The molecule has 0 fully saturated rings. The van der Waals surface area contributed by atoms with Crippen LogP contribution in [0.15, 0.2) is 18.3 Å². The lowest BCUT2D eigenvalue weighted by Gasteiger charge is -2.05. The van der Waals surface area contributed by atoms with E-state index in [-0.39, 0.29) is 17.7 Å². The average Bonchev–Trinajstić information content (AvgIpc) is 2.74. The molecule has 0 aliphatic heterocycles. The average molecular weight is 287 g/mol. The van der Waals surface area contributed by atoms with Gasteiger partial charge in [0.05, 0.1) is 15.8 Å². The number of fused-ring (bicyclic) bond motifs is 1. The van der Waals surface area contributed by atoms with Crippen molar-refractivity contribution in [1.29, 1.82) is 0 Å². The van der Waals surface area contributed by atoms with Crippen LogP contribution in [0.4, 0.5) is 5.69 Å². The summed E-state index contributed by atoms with van der Waals surface area (Å²) in [7, 11) is 1.72. The number of terminal acetylenes is 1. The van der Waals surface area contributed by atoms with Crippen LogP contribution in [0.5, 0.6) is 0 Å². The van der Waals surface area contributed by atoms with Gasteiger partial charge < -0.3 is 15.4 Å². The number of nitro groups is 1. The summed E-state index contributed by atoms with van der Waals surface area (Å²) in [6.07, 6.45) is 6.93. The smallest absolute Gasteiger partial charge is 0.320 e. The molecule has 0 saturated carbocycles. The fraction of sp³-hybridized carbons (Fsp3) is 0.214. The molecule has 1 heterocycles. The maximum atomic E-state index is 11.3. The minimum absolute atomic E-state index is 0.0124. The summed E-state index contributed by atoms with van der Waals surface area (Å²) >= 11 is 0. The fourth-order valence-electron chi connectivity index (χ4n) is 2.34. The number of aryl methyl sites for hydroxylation is 1. The van der Waals surface area contributed by atoms with Gasteiger partial charge in [-0.05, 0) is 17.7 Å². The molecular formula is C14H13N3O4. The molecule has 7 heteroatoms. The number of rotatable bonds is 4. The number of aromatic nitrogens is 1. The number of benzene rings is 1. The van der Waals surface area contributed by atoms with Gasteiger partial charge >= 0.3 is 5.97 Å². The first-order valence-electron chi connectivity index (χ1n) is 6.07. The van der Waals surface area contributed by atoms with Gasteiger partial charge in [0, 0.05) is 19.7 Å². The Hall–Kier alpha value is -2.85. The van der Waals surface area contributed by atoms with Crippen LogP contribution in [0.3, 0.4) is 0 Å². The van der Waals surface area contributed by atoms with E-state index < -0.39 is 16.9 Å². The molecule has 21 heavy (non-hydrogen) atoms. The van der Waals surface area contributed by atoms with Gasteiger partial charge in [-0.1, -0.05) is 5.92 Å². The summed E-state index contributed by atoms with van der Waals surface area (Å²) in [6, 6.07) is 2.04. The molecule has 0 spiro atoms. The number of aliphatic carboxylic acids is 1. The van der Waals surface area contributed by atoms with Gasteiger partial charge in [0.25, 0.3) is 5.69 Å². The molecule has 7 nitrogen and oxygen atoms in total. The Balaban J connectivity index is 2.75. The number of nitro benzene ring substituents is 1. The Morgan fingerprint density at radius 1 is 1.62 bits per heavy atom. The second-order valence-corrected chi connectivity index (χ2v) is 4.67. The number of hydrogen-bond acceptors (Lipinski definition) is 4. The van der Waals surface area contributed by atoms with E-state index in [9.17, 15) is 14.9 Å². The first-order valence-corrected chi connectivity index (χ1v) is 6.07. The molecule has 0 amide bonds. The number of carbonyl (C=O) groups is 1. The number of carboxylic acid groups (broad SMARTS) is 1. The van der Waals surface area contributed by atoms with E-state index in [1.165, 1.54) is 6.07 Å². The van der Waals surface area contributed by atoms with Crippen LogP contribution < -0.4 is 5.73 Å². The van der Waals surface area contributed by atoms with Crippen molar-refractivity contribution in [1.82, 2.24) is 4.57 Å². The fourth-order valence-corrected chi connectivity index (χ4v) is 2.34. The summed E-state index contributed by atoms with van der Waals surface area (Å²) in [4.78, 5) is 21.7. The Kier molecular flexibility index (Phi) is 3.65. The molecule has 1 atom stereocenters. The van der Waals surface area contributed by atoms with Crippen molar-refractivity contribution in [2.75, 3.05) is 0 Å². The Morgan fingerprint density at radius 3 is 2.81 bits per heavy atom. The van der Waals surface area contributed by atoms with Crippen LogP contribution in [-0.2, 0) is 18.3 Å². The zero-order valence-corrected chi connectivity index (χ0v) is 11.2. The lowest BCUT2D eigenvalue weighted by Crippen LogP contribution is -2.32. The van der Waals surface area contributed by atoms with Crippen LogP contribution in [0.1, 0.15) is 11.1 Å². The highest BCUT2D eigenvalue weighted by Crippen LogP contribution is 2.33. The van der Waals surface area contributed by atoms with Gasteiger partial charge in [0.15, 0.2) is 0 Å². The van der Waals surface area contributed by atoms with Crippen molar-refractivity contribution in [3.05, 3.63) is 39.6 Å². The van der Waals surface area contributed by atoms with Crippen molar-refractivity contribution >= 4 is 22.6 Å². The van der Waals surface area contributed by atoms with Crippen LogP contribution >= 0.6 is 0 Å². The second kappa shape index (κ2) is 5.26. The lowest BCUT2D eigenvalue weighted by atomic mass is 10.0. The number of carboxylic acids is 1. The Labute approximate surface area is 120 Å². The molecule has 0 aliphatic rings. The van der Waals surface area contributed by atoms with Gasteiger partial charge in [-0.15, -0.1) is 6.42 Å². The molecule has 1 aromatic heterocycles. The highest BCUT2D eigenvalue weighted by molar-refractivity contribution is 5.95. The molecule has 1 aromatic carbocycles. The number of nitrogens with zero attached hydrogens (tertiary/aromatic N) is 2. The van der Waals surface area contributed by atoms with E-state index in [1.807, 2.05) is 0 Å². The monoisotopic (exact) mass is 287 g/mol. The topological polar surface area (TPSA) is 111 Å². The van der Waals surface area contributed by atoms with E-state index in [4.69, 9.17) is 17.3 Å². The predicted octanol–water partition coefficient (Wildman–Crippen LogP) is 1.02. The van der Waals surface area contributed by atoms with Gasteiger partial charge in [0.2, 0.25) is 0 Å². The summed E-state index contributed by atoms with van der Waals surface area (Å²) in [5.41, 5.74) is 6.59. The molecule has 1 unspecified atom stereocenters. The molecule has 2 rings (SSSR count). The van der Waals surface area contributed by atoms with Crippen LogP contribution in [0.2, 0.25) is 0 Å². The van der Waals surface area contributed by atoms with Crippen molar-refractivity contribution in [3.8, 4) is 12.3 Å².